The fourth-order valence-electron chi connectivity index (χ4n) is 4.63. The number of ether oxygens (including phenoxy) is 2. The zero-order valence-electron chi connectivity index (χ0n) is 17.7. The Hall–Kier alpha value is -2.46. The van der Waals surface area contributed by atoms with Crippen molar-refractivity contribution in [3.8, 4) is 11.5 Å². The van der Waals surface area contributed by atoms with Gasteiger partial charge in [-0.25, -0.2) is 0 Å². The van der Waals surface area contributed by atoms with Gasteiger partial charge in [-0.3, -0.25) is 4.90 Å². The van der Waals surface area contributed by atoms with Gasteiger partial charge < -0.3 is 14.4 Å². The molecule has 180 valence electrons. The van der Waals surface area contributed by atoms with Gasteiger partial charge >= 0.3 is 12.7 Å². The largest absolute Gasteiger partial charge is 0.573 e. The zero-order valence-corrected chi connectivity index (χ0v) is 17.7. The van der Waals surface area contributed by atoms with Crippen LogP contribution in [0.15, 0.2) is 48.5 Å². The normalized spacial score (nSPS) is 22.2. The number of halogens is 6. The van der Waals surface area contributed by atoms with Gasteiger partial charge in [-0.2, -0.15) is 0 Å². The molecule has 0 bridgehead atoms. The van der Waals surface area contributed by atoms with Gasteiger partial charge in [-0.1, -0.05) is 30.3 Å². The first-order valence-electron chi connectivity index (χ1n) is 10.7. The van der Waals surface area contributed by atoms with E-state index in [1.807, 2.05) is 4.90 Å². The number of rotatable bonds is 7. The van der Waals surface area contributed by atoms with Gasteiger partial charge in [0.1, 0.15) is 11.5 Å². The zero-order chi connectivity index (χ0) is 23.6. The third-order valence-corrected chi connectivity index (χ3v) is 6.06. The summed E-state index contributed by atoms with van der Waals surface area (Å²) in [4.78, 5) is 4.35. The minimum absolute atomic E-state index is 0.0687. The Morgan fingerprint density at radius 3 is 2.24 bits per heavy atom. The lowest BCUT2D eigenvalue weighted by atomic mass is 9.86. The average Bonchev–Trinajstić information content (AvgIpc) is 3.21. The van der Waals surface area contributed by atoms with E-state index in [1.54, 1.807) is 18.2 Å². The minimum atomic E-state index is -4.82. The van der Waals surface area contributed by atoms with Crippen molar-refractivity contribution in [3.63, 3.8) is 0 Å². The molecule has 2 aromatic rings. The topological polar surface area (TPSA) is 24.9 Å². The van der Waals surface area contributed by atoms with Gasteiger partial charge in [-0.05, 0) is 56.1 Å². The average molecular weight is 474 g/mol. The first kappa shape index (κ1) is 23.7. The molecular formula is C23H24F6N2O2. The van der Waals surface area contributed by atoms with Crippen molar-refractivity contribution in [2.45, 2.75) is 50.6 Å². The maximum Gasteiger partial charge on any atom is 0.573 e. The lowest BCUT2D eigenvalue weighted by Crippen LogP contribution is -2.54. The van der Waals surface area contributed by atoms with E-state index in [0.717, 1.165) is 32.5 Å². The van der Waals surface area contributed by atoms with Crippen LogP contribution in [0.2, 0.25) is 0 Å². The number of likely N-dealkylation sites (tertiary alicyclic amines) is 2. The molecule has 0 spiro atoms. The van der Waals surface area contributed by atoms with Gasteiger partial charge in [0.15, 0.2) is 0 Å². The fourth-order valence-corrected chi connectivity index (χ4v) is 4.63. The number of hydrogen-bond donors (Lipinski definition) is 0. The van der Waals surface area contributed by atoms with Crippen LogP contribution in [0.3, 0.4) is 0 Å². The van der Waals surface area contributed by atoms with Crippen LogP contribution in [0.1, 0.15) is 36.4 Å². The predicted molar refractivity (Wildman–Crippen MR) is 109 cm³/mol. The standard InChI is InChI=1S/C23H24F6N2O2/c24-22(25,26)32-19-8-5-7-16(12-19)20-13-18(15-30-10-3-4-11-30)31(20)14-17-6-1-2-9-21(17)33-23(27,28)29/h1-2,5-9,12,18,20H,3-4,10-11,13-15H2. The number of benzene rings is 2. The van der Waals surface area contributed by atoms with Crippen LogP contribution >= 0.6 is 0 Å². The smallest absolute Gasteiger partial charge is 0.406 e. The van der Waals surface area contributed by atoms with Gasteiger partial charge in [0, 0.05) is 30.7 Å². The molecule has 10 heteroatoms. The lowest BCUT2D eigenvalue weighted by molar-refractivity contribution is -0.276. The molecule has 2 aromatic carbocycles. The van der Waals surface area contributed by atoms with Crippen LogP contribution in [-0.2, 0) is 6.54 Å². The molecule has 2 saturated heterocycles. The predicted octanol–water partition coefficient (Wildman–Crippen LogP) is 5.90. The summed E-state index contributed by atoms with van der Waals surface area (Å²) in [5.74, 6) is -0.589. The summed E-state index contributed by atoms with van der Waals surface area (Å²) in [6, 6.07) is 11.6. The summed E-state index contributed by atoms with van der Waals surface area (Å²) in [7, 11) is 0. The van der Waals surface area contributed by atoms with Crippen LogP contribution < -0.4 is 9.47 Å². The van der Waals surface area contributed by atoms with Crippen LogP contribution in [0.25, 0.3) is 0 Å². The summed E-state index contributed by atoms with van der Waals surface area (Å²) in [6.07, 6.45) is -6.72. The Bertz CT molecular complexity index is 943. The van der Waals surface area contributed by atoms with Gasteiger partial charge in [0.05, 0.1) is 0 Å². The van der Waals surface area contributed by atoms with E-state index in [4.69, 9.17) is 0 Å². The molecule has 0 saturated carbocycles. The van der Waals surface area contributed by atoms with Crippen molar-refractivity contribution in [3.05, 3.63) is 59.7 Å². The Labute approximate surface area is 187 Å². The Balaban J connectivity index is 1.56. The molecule has 2 atom stereocenters. The van der Waals surface area contributed by atoms with Gasteiger partial charge in [0.25, 0.3) is 0 Å². The first-order chi connectivity index (χ1) is 15.6. The Morgan fingerprint density at radius 2 is 1.55 bits per heavy atom. The number of para-hydroxylation sites is 1. The van der Waals surface area contributed by atoms with E-state index < -0.39 is 12.7 Å². The summed E-state index contributed by atoms with van der Waals surface area (Å²) >= 11 is 0. The maximum absolute atomic E-state index is 12.9. The highest BCUT2D eigenvalue weighted by Crippen LogP contribution is 2.43. The van der Waals surface area contributed by atoms with Crippen LogP contribution in [0, 0.1) is 0 Å². The SMILES string of the molecule is FC(F)(F)Oc1cccc(C2CC(CN3CCCC3)N2Cc2ccccc2OC(F)(F)F)c1. The van der Waals surface area contributed by atoms with E-state index in [0.29, 0.717) is 17.5 Å². The summed E-state index contributed by atoms with van der Waals surface area (Å²) < 4.78 is 84.9. The molecule has 2 aliphatic heterocycles. The van der Waals surface area contributed by atoms with Crippen molar-refractivity contribution in [1.29, 1.82) is 0 Å². The van der Waals surface area contributed by atoms with Crippen LogP contribution in [0.4, 0.5) is 26.3 Å². The molecule has 2 fully saturated rings. The van der Waals surface area contributed by atoms with E-state index in [1.165, 1.54) is 30.3 Å². The monoisotopic (exact) mass is 474 g/mol. The fraction of sp³-hybridized carbons (Fsp3) is 0.478. The van der Waals surface area contributed by atoms with E-state index in [-0.39, 0.29) is 30.1 Å². The molecule has 0 N–H and O–H groups in total. The number of nitrogens with zero attached hydrogens (tertiary/aromatic N) is 2. The molecule has 4 nitrogen and oxygen atoms in total. The maximum atomic E-state index is 12.9. The summed E-state index contributed by atoms with van der Waals surface area (Å²) in [6.45, 7) is 2.88. The molecule has 0 aliphatic carbocycles. The van der Waals surface area contributed by atoms with Gasteiger partial charge in [0.2, 0.25) is 0 Å². The molecule has 2 heterocycles. The molecule has 4 rings (SSSR count). The van der Waals surface area contributed by atoms with Crippen LogP contribution in [-0.4, -0.2) is 48.2 Å². The summed E-state index contributed by atoms with van der Waals surface area (Å²) in [5, 5.41) is 0. The second kappa shape index (κ2) is 9.42. The third kappa shape index (κ3) is 6.32. The van der Waals surface area contributed by atoms with Crippen molar-refractivity contribution < 1.29 is 35.8 Å². The summed E-state index contributed by atoms with van der Waals surface area (Å²) in [5.41, 5.74) is 0.997. The first-order valence-corrected chi connectivity index (χ1v) is 10.7. The van der Waals surface area contributed by atoms with E-state index in [9.17, 15) is 26.3 Å². The van der Waals surface area contributed by atoms with Crippen molar-refractivity contribution in [2.75, 3.05) is 19.6 Å². The molecule has 2 aliphatic rings. The van der Waals surface area contributed by atoms with Gasteiger partial charge in [-0.15, -0.1) is 26.3 Å². The molecule has 33 heavy (non-hydrogen) atoms. The van der Waals surface area contributed by atoms with Crippen molar-refractivity contribution >= 4 is 0 Å². The van der Waals surface area contributed by atoms with Crippen molar-refractivity contribution in [1.82, 2.24) is 9.80 Å². The lowest BCUT2D eigenvalue weighted by Gasteiger charge is -2.50. The molecule has 0 radical (unpaired) electrons. The second-order valence-corrected chi connectivity index (χ2v) is 8.36. The molecule has 0 amide bonds. The quantitative estimate of drug-likeness (QED) is 0.467. The van der Waals surface area contributed by atoms with Crippen molar-refractivity contribution in [2.24, 2.45) is 0 Å². The number of alkyl halides is 6. The van der Waals surface area contributed by atoms with E-state index in [2.05, 4.69) is 14.4 Å². The molecular weight excluding hydrogens is 450 g/mol. The molecule has 0 aromatic heterocycles. The second-order valence-electron chi connectivity index (χ2n) is 8.36. The Kier molecular flexibility index (Phi) is 6.76. The molecule has 2 unspecified atom stereocenters. The third-order valence-electron chi connectivity index (χ3n) is 6.06. The van der Waals surface area contributed by atoms with Crippen LogP contribution in [0.5, 0.6) is 11.5 Å². The van der Waals surface area contributed by atoms with E-state index >= 15 is 0 Å². The Morgan fingerprint density at radius 1 is 0.848 bits per heavy atom. The highest BCUT2D eigenvalue weighted by Gasteiger charge is 2.41. The highest BCUT2D eigenvalue weighted by atomic mass is 19.4. The minimum Gasteiger partial charge on any atom is -0.406 e. The number of hydrogen-bond acceptors (Lipinski definition) is 4. The highest BCUT2D eigenvalue weighted by molar-refractivity contribution is 5.36.